The summed E-state index contributed by atoms with van der Waals surface area (Å²) < 4.78 is 5.02. The SMILES string of the molecule is COc1ccc(NC(=O)N2CCC(C(=O)O)CC2)c(C)n1. The quantitative estimate of drug-likeness (QED) is 0.885. The van der Waals surface area contributed by atoms with Crippen molar-refractivity contribution in [1.29, 1.82) is 0 Å². The molecule has 0 aliphatic carbocycles. The Labute approximate surface area is 122 Å². The second-order valence-electron chi connectivity index (χ2n) is 5.02. The molecule has 21 heavy (non-hydrogen) atoms. The summed E-state index contributed by atoms with van der Waals surface area (Å²) in [7, 11) is 1.53. The van der Waals surface area contributed by atoms with E-state index < -0.39 is 5.97 Å². The zero-order valence-corrected chi connectivity index (χ0v) is 12.1. The monoisotopic (exact) mass is 293 g/mol. The van der Waals surface area contributed by atoms with Gasteiger partial charge in [0.1, 0.15) is 0 Å². The number of likely N-dealkylation sites (tertiary alicyclic amines) is 1. The first kappa shape index (κ1) is 15.1. The highest BCUT2D eigenvalue weighted by molar-refractivity contribution is 5.90. The standard InChI is InChI=1S/C14H19N3O4/c1-9-11(3-4-12(15-9)21-2)16-14(20)17-7-5-10(6-8-17)13(18)19/h3-4,10H,5-8H2,1-2H3,(H,16,20)(H,18,19). The summed E-state index contributed by atoms with van der Waals surface area (Å²) in [6.07, 6.45) is 0.977. The summed E-state index contributed by atoms with van der Waals surface area (Å²) in [6, 6.07) is 3.19. The fourth-order valence-electron chi connectivity index (χ4n) is 2.31. The Kier molecular flexibility index (Phi) is 4.62. The van der Waals surface area contributed by atoms with E-state index in [1.54, 1.807) is 24.0 Å². The Hall–Kier alpha value is -2.31. The maximum atomic E-state index is 12.2. The lowest BCUT2D eigenvalue weighted by molar-refractivity contribution is -0.143. The van der Waals surface area contributed by atoms with E-state index in [1.165, 1.54) is 7.11 Å². The van der Waals surface area contributed by atoms with E-state index in [1.807, 2.05) is 0 Å². The van der Waals surface area contributed by atoms with Crippen molar-refractivity contribution in [2.75, 3.05) is 25.5 Å². The van der Waals surface area contributed by atoms with E-state index >= 15 is 0 Å². The predicted octanol–water partition coefficient (Wildman–Crippen LogP) is 1.73. The first-order chi connectivity index (χ1) is 10.0. The minimum absolute atomic E-state index is 0.228. The maximum absolute atomic E-state index is 12.2. The molecular weight excluding hydrogens is 274 g/mol. The van der Waals surface area contributed by atoms with Crippen molar-refractivity contribution in [2.45, 2.75) is 19.8 Å². The molecule has 114 valence electrons. The number of rotatable bonds is 3. The Morgan fingerprint density at radius 3 is 2.57 bits per heavy atom. The van der Waals surface area contributed by atoms with Crippen LogP contribution in [-0.4, -0.2) is 47.2 Å². The number of nitrogens with zero attached hydrogens (tertiary/aromatic N) is 2. The molecule has 2 rings (SSSR count). The fraction of sp³-hybridized carbons (Fsp3) is 0.500. The number of hydrogen-bond donors (Lipinski definition) is 2. The van der Waals surface area contributed by atoms with Crippen LogP contribution >= 0.6 is 0 Å². The van der Waals surface area contributed by atoms with E-state index in [4.69, 9.17) is 9.84 Å². The molecule has 2 amide bonds. The Balaban J connectivity index is 1.95. The number of pyridine rings is 1. The van der Waals surface area contributed by atoms with Gasteiger partial charge in [0.25, 0.3) is 0 Å². The number of aromatic nitrogens is 1. The number of carboxylic acids is 1. The molecule has 2 heterocycles. The molecule has 0 atom stereocenters. The highest BCUT2D eigenvalue weighted by Crippen LogP contribution is 2.20. The predicted molar refractivity (Wildman–Crippen MR) is 76.5 cm³/mol. The summed E-state index contributed by atoms with van der Waals surface area (Å²) >= 11 is 0. The third kappa shape index (κ3) is 3.62. The molecule has 1 aliphatic rings. The van der Waals surface area contributed by atoms with Gasteiger partial charge in [-0.1, -0.05) is 0 Å². The van der Waals surface area contributed by atoms with Crippen LogP contribution in [0.25, 0.3) is 0 Å². The lowest BCUT2D eigenvalue weighted by Crippen LogP contribution is -2.42. The van der Waals surface area contributed by atoms with Crippen LogP contribution in [0.1, 0.15) is 18.5 Å². The van der Waals surface area contributed by atoms with Crippen LogP contribution in [0.5, 0.6) is 5.88 Å². The number of aryl methyl sites for hydroxylation is 1. The third-order valence-electron chi connectivity index (χ3n) is 3.64. The zero-order chi connectivity index (χ0) is 15.4. The van der Waals surface area contributed by atoms with Gasteiger partial charge in [0, 0.05) is 19.2 Å². The number of anilines is 1. The molecule has 1 saturated heterocycles. The molecule has 7 nitrogen and oxygen atoms in total. The largest absolute Gasteiger partial charge is 0.481 e. The second kappa shape index (κ2) is 6.43. The molecule has 0 radical (unpaired) electrons. The van der Waals surface area contributed by atoms with Crippen LogP contribution in [0.2, 0.25) is 0 Å². The summed E-state index contributed by atoms with van der Waals surface area (Å²) in [6.45, 7) is 2.69. The number of carbonyl (C=O) groups is 2. The smallest absolute Gasteiger partial charge is 0.321 e. The minimum Gasteiger partial charge on any atom is -0.481 e. The first-order valence-electron chi connectivity index (χ1n) is 6.81. The molecule has 1 aromatic rings. The molecule has 0 bridgehead atoms. The van der Waals surface area contributed by atoms with Crippen molar-refractivity contribution in [3.05, 3.63) is 17.8 Å². The number of urea groups is 1. The van der Waals surface area contributed by atoms with Gasteiger partial charge in [0.2, 0.25) is 5.88 Å². The lowest BCUT2D eigenvalue weighted by atomic mass is 9.97. The molecule has 1 fully saturated rings. The number of aliphatic carboxylic acids is 1. The molecule has 0 spiro atoms. The summed E-state index contributed by atoms with van der Waals surface area (Å²) in [4.78, 5) is 28.9. The molecule has 1 aliphatic heterocycles. The number of carboxylic acid groups (broad SMARTS) is 1. The van der Waals surface area contributed by atoms with Gasteiger partial charge in [-0.3, -0.25) is 4.79 Å². The van der Waals surface area contributed by atoms with Gasteiger partial charge in [0.15, 0.2) is 0 Å². The lowest BCUT2D eigenvalue weighted by Gasteiger charge is -2.30. The van der Waals surface area contributed by atoms with Crippen molar-refractivity contribution >= 4 is 17.7 Å². The van der Waals surface area contributed by atoms with Crippen molar-refractivity contribution in [1.82, 2.24) is 9.88 Å². The summed E-state index contributed by atoms with van der Waals surface area (Å²) in [5, 5.41) is 11.7. The summed E-state index contributed by atoms with van der Waals surface area (Å²) in [5.41, 5.74) is 1.30. The van der Waals surface area contributed by atoms with Gasteiger partial charge in [-0.25, -0.2) is 9.78 Å². The van der Waals surface area contributed by atoms with Gasteiger partial charge in [-0.2, -0.15) is 0 Å². The van der Waals surface area contributed by atoms with Crippen molar-refractivity contribution in [3.8, 4) is 5.88 Å². The average molecular weight is 293 g/mol. The van der Waals surface area contributed by atoms with E-state index in [-0.39, 0.29) is 11.9 Å². The number of hydrogen-bond acceptors (Lipinski definition) is 4. The molecule has 0 aromatic carbocycles. The molecule has 7 heteroatoms. The topological polar surface area (TPSA) is 91.8 Å². The van der Waals surface area contributed by atoms with E-state index in [0.29, 0.717) is 43.2 Å². The fourth-order valence-corrected chi connectivity index (χ4v) is 2.31. The summed E-state index contributed by atoms with van der Waals surface area (Å²) in [5.74, 6) is -0.642. The van der Waals surface area contributed by atoms with Gasteiger partial charge in [-0.15, -0.1) is 0 Å². The second-order valence-corrected chi connectivity index (χ2v) is 5.02. The number of piperidine rings is 1. The Morgan fingerprint density at radius 2 is 2.05 bits per heavy atom. The van der Waals surface area contributed by atoms with Gasteiger partial charge in [-0.05, 0) is 25.8 Å². The average Bonchev–Trinajstić information content (AvgIpc) is 2.49. The van der Waals surface area contributed by atoms with Crippen molar-refractivity contribution < 1.29 is 19.4 Å². The van der Waals surface area contributed by atoms with Crippen molar-refractivity contribution in [2.24, 2.45) is 5.92 Å². The van der Waals surface area contributed by atoms with Crippen LogP contribution in [0.4, 0.5) is 10.5 Å². The number of methoxy groups -OCH3 is 1. The Bertz CT molecular complexity index is 539. The molecule has 0 unspecified atom stereocenters. The van der Waals surface area contributed by atoms with E-state index in [2.05, 4.69) is 10.3 Å². The van der Waals surface area contributed by atoms with Crippen LogP contribution in [0, 0.1) is 12.8 Å². The normalized spacial score (nSPS) is 15.6. The van der Waals surface area contributed by atoms with Gasteiger partial charge >= 0.3 is 12.0 Å². The highest BCUT2D eigenvalue weighted by atomic mass is 16.5. The van der Waals surface area contributed by atoms with E-state index in [0.717, 1.165) is 0 Å². The Morgan fingerprint density at radius 1 is 1.38 bits per heavy atom. The first-order valence-corrected chi connectivity index (χ1v) is 6.81. The van der Waals surface area contributed by atoms with Crippen LogP contribution in [0.15, 0.2) is 12.1 Å². The highest BCUT2D eigenvalue weighted by Gasteiger charge is 2.27. The number of nitrogens with one attached hydrogen (secondary N) is 1. The van der Waals surface area contributed by atoms with Gasteiger partial charge < -0.3 is 20.1 Å². The number of amides is 2. The van der Waals surface area contributed by atoms with Gasteiger partial charge in [0.05, 0.1) is 24.4 Å². The third-order valence-corrected chi connectivity index (χ3v) is 3.64. The van der Waals surface area contributed by atoms with Crippen molar-refractivity contribution in [3.63, 3.8) is 0 Å². The zero-order valence-electron chi connectivity index (χ0n) is 12.1. The molecule has 1 aromatic heterocycles. The molecule has 0 saturated carbocycles. The maximum Gasteiger partial charge on any atom is 0.321 e. The molecule has 2 N–H and O–H groups in total. The van der Waals surface area contributed by atoms with Crippen LogP contribution in [-0.2, 0) is 4.79 Å². The van der Waals surface area contributed by atoms with Crippen LogP contribution in [0.3, 0.4) is 0 Å². The van der Waals surface area contributed by atoms with E-state index in [9.17, 15) is 9.59 Å². The number of ether oxygens (including phenoxy) is 1. The number of carbonyl (C=O) groups excluding carboxylic acids is 1. The molecular formula is C14H19N3O4. The van der Waals surface area contributed by atoms with Crippen LogP contribution < -0.4 is 10.1 Å². The minimum atomic E-state index is -0.787.